The van der Waals surface area contributed by atoms with Gasteiger partial charge in [0.1, 0.15) is 23.5 Å². The van der Waals surface area contributed by atoms with Gasteiger partial charge in [0.05, 0.1) is 13.2 Å². The average molecular weight is 607 g/mol. The van der Waals surface area contributed by atoms with E-state index in [-0.39, 0.29) is 25.6 Å². The van der Waals surface area contributed by atoms with Gasteiger partial charge in [0.25, 0.3) is 0 Å². The first kappa shape index (κ1) is 33.6. The zero-order valence-corrected chi connectivity index (χ0v) is 26.8. The molecule has 0 bridgehead atoms. The molecule has 12 heteroatoms. The van der Waals surface area contributed by atoms with Crippen LogP contribution < -0.4 is 10.6 Å². The van der Waals surface area contributed by atoms with Crippen LogP contribution in [0.5, 0.6) is 0 Å². The van der Waals surface area contributed by atoms with Gasteiger partial charge in [-0.05, 0) is 71.4 Å². The van der Waals surface area contributed by atoms with E-state index in [2.05, 4.69) is 15.6 Å². The Morgan fingerprint density at radius 1 is 1.10 bits per heavy atom. The van der Waals surface area contributed by atoms with Crippen LogP contribution in [-0.2, 0) is 34.4 Å². The molecule has 1 aromatic heterocycles. The Morgan fingerprint density at radius 3 is 2.38 bits per heavy atom. The second kappa shape index (κ2) is 14.5. The Morgan fingerprint density at radius 2 is 1.76 bits per heavy atom. The number of nitrogens with zero attached hydrogens (tertiary/aromatic N) is 1. The summed E-state index contributed by atoms with van der Waals surface area (Å²) >= 11 is 0. The summed E-state index contributed by atoms with van der Waals surface area (Å²) in [6, 6.07) is 6.04. The summed E-state index contributed by atoms with van der Waals surface area (Å²) in [6.45, 7) is 13.3. The van der Waals surface area contributed by atoms with Crippen LogP contribution in [0.15, 0.2) is 30.5 Å². The minimum absolute atomic E-state index is 0.0595. The first-order chi connectivity index (χ1) is 19.8. The number of amides is 3. The van der Waals surface area contributed by atoms with Crippen LogP contribution in [0.3, 0.4) is 0 Å². The number of carbonyl (C=O) groups is 3. The molecular weight excluding hydrogens is 559 g/mol. The molecule has 0 saturated carbocycles. The Kier molecular flexibility index (Phi) is 11.6. The second-order valence-corrected chi connectivity index (χ2v) is 14.2. The van der Waals surface area contributed by atoms with Crippen molar-refractivity contribution in [3.63, 3.8) is 0 Å². The maximum Gasteiger partial charge on any atom is 0.410 e. The Bertz CT molecular complexity index is 1260. The third-order valence-electron chi connectivity index (χ3n) is 6.92. The van der Waals surface area contributed by atoms with Gasteiger partial charge < -0.3 is 29.4 Å². The molecule has 42 heavy (non-hydrogen) atoms. The summed E-state index contributed by atoms with van der Waals surface area (Å²) in [4.78, 5) is 44.7. The van der Waals surface area contributed by atoms with Gasteiger partial charge in [-0.25, -0.2) is 4.79 Å². The molecule has 1 fully saturated rings. The van der Waals surface area contributed by atoms with Crippen molar-refractivity contribution in [1.29, 1.82) is 0 Å². The molecule has 0 unspecified atom stereocenters. The summed E-state index contributed by atoms with van der Waals surface area (Å²) in [5, 5.41) is 6.72. The Hall–Kier alpha value is -2.88. The number of nitrogens with one attached hydrogen (secondary N) is 3. The third-order valence-corrected chi connectivity index (χ3v) is 9.23. The summed E-state index contributed by atoms with van der Waals surface area (Å²) in [7, 11) is -3.80. The number of ether oxygens (including phenoxy) is 1. The number of likely N-dealkylation sites (tertiary alicyclic amines) is 1. The van der Waals surface area contributed by atoms with Crippen LogP contribution in [0.1, 0.15) is 73.3 Å². The van der Waals surface area contributed by atoms with Gasteiger partial charge in [-0.15, -0.1) is 0 Å². The number of benzene rings is 1. The van der Waals surface area contributed by atoms with Gasteiger partial charge in [0, 0.05) is 30.1 Å². The van der Waals surface area contributed by atoms with E-state index < -0.39 is 49.0 Å². The van der Waals surface area contributed by atoms with Crippen molar-refractivity contribution >= 4 is 36.4 Å². The number of fused-ring (bicyclic) bond motifs is 1. The SMILES string of the molecule is CCOP(=O)(OCC)[C@H](Cc1c[nH]c2ccccc12)NC(=O)[C@H](CC(C)C)NC(=O)[C@H]1CCCN1C(=O)OC(C)(C)C. The third kappa shape index (κ3) is 8.82. The lowest BCUT2D eigenvalue weighted by Gasteiger charge is -2.31. The summed E-state index contributed by atoms with van der Waals surface area (Å²) in [5.41, 5.74) is 1.06. The zero-order valence-electron chi connectivity index (χ0n) is 25.9. The van der Waals surface area contributed by atoms with Gasteiger partial charge in [0.15, 0.2) is 0 Å². The average Bonchev–Trinajstić information content (AvgIpc) is 3.55. The lowest BCUT2D eigenvalue weighted by Crippen LogP contribution is -2.55. The predicted octanol–water partition coefficient (Wildman–Crippen LogP) is 5.35. The van der Waals surface area contributed by atoms with Crippen molar-refractivity contribution in [2.75, 3.05) is 19.8 Å². The first-order valence-corrected chi connectivity index (χ1v) is 16.4. The molecule has 3 N–H and O–H groups in total. The number of para-hydroxylation sites is 1. The number of aromatic nitrogens is 1. The monoisotopic (exact) mass is 606 g/mol. The number of H-pyrrole nitrogens is 1. The van der Waals surface area contributed by atoms with Crippen LogP contribution in [0, 0.1) is 5.92 Å². The molecule has 1 aliphatic rings. The van der Waals surface area contributed by atoms with E-state index in [0.29, 0.717) is 25.8 Å². The van der Waals surface area contributed by atoms with Crippen LogP contribution in [0.2, 0.25) is 0 Å². The van der Waals surface area contributed by atoms with E-state index in [1.54, 1.807) is 34.6 Å². The number of rotatable bonds is 13. The highest BCUT2D eigenvalue weighted by Crippen LogP contribution is 2.53. The molecule has 1 aromatic carbocycles. The summed E-state index contributed by atoms with van der Waals surface area (Å²) in [6.07, 6.45) is 2.91. The Labute approximate surface area is 248 Å². The van der Waals surface area contributed by atoms with Crippen LogP contribution in [-0.4, -0.2) is 71.0 Å². The van der Waals surface area contributed by atoms with Gasteiger partial charge in [0.2, 0.25) is 11.8 Å². The van der Waals surface area contributed by atoms with E-state index in [4.69, 9.17) is 13.8 Å². The quantitative estimate of drug-likeness (QED) is 0.261. The molecule has 3 rings (SSSR count). The van der Waals surface area contributed by atoms with Crippen LogP contribution in [0.4, 0.5) is 4.79 Å². The highest BCUT2D eigenvalue weighted by atomic mass is 31.2. The number of hydrogen-bond donors (Lipinski definition) is 3. The topological polar surface area (TPSA) is 139 Å². The van der Waals surface area contributed by atoms with Crippen molar-refractivity contribution < 1.29 is 32.7 Å². The lowest BCUT2D eigenvalue weighted by atomic mass is 10.0. The largest absolute Gasteiger partial charge is 0.444 e. The minimum atomic E-state index is -3.80. The molecule has 234 valence electrons. The van der Waals surface area contributed by atoms with Crippen LogP contribution >= 0.6 is 7.60 Å². The molecule has 1 aliphatic heterocycles. The zero-order chi connectivity index (χ0) is 31.1. The van der Waals surface area contributed by atoms with Gasteiger partial charge in [-0.3, -0.25) is 19.1 Å². The normalized spacial score (nSPS) is 17.3. The van der Waals surface area contributed by atoms with Crippen molar-refractivity contribution in [2.45, 2.75) is 97.6 Å². The van der Waals surface area contributed by atoms with E-state index in [9.17, 15) is 18.9 Å². The highest BCUT2D eigenvalue weighted by Gasteiger charge is 2.41. The molecule has 11 nitrogen and oxygen atoms in total. The summed E-state index contributed by atoms with van der Waals surface area (Å²) in [5.74, 6) is -1.86. The maximum atomic E-state index is 14.0. The molecule has 0 aliphatic carbocycles. The molecule has 3 atom stereocenters. The molecule has 0 radical (unpaired) electrons. The van der Waals surface area contributed by atoms with E-state index in [0.717, 1.165) is 16.5 Å². The minimum Gasteiger partial charge on any atom is -0.444 e. The second-order valence-electron chi connectivity index (χ2n) is 12.0. The number of hydrogen-bond acceptors (Lipinski definition) is 7. The van der Waals surface area contributed by atoms with Crippen molar-refractivity contribution in [1.82, 2.24) is 20.5 Å². The van der Waals surface area contributed by atoms with Crippen LogP contribution in [0.25, 0.3) is 10.9 Å². The molecular formula is C30H47N4O7P. The smallest absolute Gasteiger partial charge is 0.410 e. The fourth-order valence-electron chi connectivity index (χ4n) is 5.14. The summed E-state index contributed by atoms with van der Waals surface area (Å²) < 4.78 is 30.8. The number of carbonyl (C=O) groups excluding carboxylic acids is 3. The standard InChI is InChI=1S/C30H47N4O7P/c1-8-39-42(38,40-9-2)26(18-21-19-31-23-14-11-10-13-22(21)23)33-27(35)24(17-20(3)4)32-28(36)25-15-12-16-34(25)29(37)41-30(5,6)7/h10-11,13-14,19-20,24-26,31H,8-9,12,15-18H2,1-7H3,(H,32,36)(H,33,35)/t24-,25+,26+/m0/s1. The number of aromatic amines is 1. The molecule has 2 aromatic rings. The molecule has 2 heterocycles. The van der Waals surface area contributed by atoms with Crippen molar-refractivity contribution in [3.05, 3.63) is 36.0 Å². The van der Waals surface area contributed by atoms with Gasteiger partial charge in [-0.2, -0.15) is 0 Å². The van der Waals surface area contributed by atoms with E-state index in [1.807, 2.05) is 44.3 Å². The first-order valence-electron chi connectivity index (χ1n) is 14.8. The van der Waals surface area contributed by atoms with Gasteiger partial charge in [-0.1, -0.05) is 32.0 Å². The fourth-order valence-corrected chi connectivity index (χ4v) is 7.00. The van der Waals surface area contributed by atoms with Crippen molar-refractivity contribution in [2.24, 2.45) is 5.92 Å². The molecule has 3 amide bonds. The lowest BCUT2D eigenvalue weighted by molar-refractivity contribution is -0.131. The van der Waals surface area contributed by atoms with Gasteiger partial charge >= 0.3 is 13.7 Å². The predicted molar refractivity (Wildman–Crippen MR) is 162 cm³/mol. The fraction of sp³-hybridized carbons (Fsp3) is 0.633. The van der Waals surface area contributed by atoms with E-state index in [1.165, 1.54) is 4.90 Å². The van der Waals surface area contributed by atoms with E-state index >= 15 is 0 Å². The molecule has 1 saturated heterocycles. The Balaban J connectivity index is 1.85. The maximum absolute atomic E-state index is 14.0. The van der Waals surface area contributed by atoms with Crippen molar-refractivity contribution in [3.8, 4) is 0 Å². The highest BCUT2D eigenvalue weighted by molar-refractivity contribution is 7.54. The molecule has 0 spiro atoms.